The number of piperazine rings is 1. The molecule has 2 amide bonds. The number of rotatable bonds is 16. The smallest absolute Gasteiger partial charge is 0.293 e. The number of H-pyrrole nitrogens is 1. The molecule has 2 aliphatic heterocycles. The number of aromatic amines is 1. The van der Waals surface area contributed by atoms with E-state index in [2.05, 4.69) is 55.8 Å². The highest BCUT2D eigenvalue weighted by Gasteiger charge is 2.31. The predicted molar refractivity (Wildman–Crippen MR) is 261 cm³/mol. The van der Waals surface area contributed by atoms with Crippen molar-refractivity contribution in [3.05, 3.63) is 117 Å². The normalized spacial score (nSPS) is 17.1. The van der Waals surface area contributed by atoms with E-state index in [1.807, 2.05) is 23.1 Å². The summed E-state index contributed by atoms with van der Waals surface area (Å²) in [6, 6.07) is 20.3. The largest absolute Gasteiger partial charge is 0.455 e. The fourth-order valence-corrected chi connectivity index (χ4v) is 10.4. The van der Waals surface area contributed by atoms with Gasteiger partial charge >= 0.3 is 0 Å². The Balaban J connectivity index is 0.964. The molecule has 0 atom stereocenters. The van der Waals surface area contributed by atoms with Gasteiger partial charge in [-0.05, 0) is 116 Å². The molecule has 0 unspecified atom stereocenters. The lowest BCUT2D eigenvalue weighted by Crippen LogP contribution is -2.47. The number of ether oxygens (including phenoxy) is 1. The zero-order valence-corrected chi connectivity index (χ0v) is 39.5. The van der Waals surface area contributed by atoms with E-state index >= 15 is 0 Å². The van der Waals surface area contributed by atoms with Crippen molar-refractivity contribution in [2.75, 3.05) is 69.1 Å². The van der Waals surface area contributed by atoms with E-state index in [0.29, 0.717) is 63.5 Å². The van der Waals surface area contributed by atoms with Gasteiger partial charge in [-0.1, -0.05) is 43.2 Å². The predicted octanol–water partition coefficient (Wildman–Crippen LogP) is 8.21. The molecule has 8 rings (SSSR count). The summed E-state index contributed by atoms with van der Waals surface area (Å²) >= 11 is 6.25. The molecule has 0 radical (unpaired) electrons. The molecule has 18 heteroatoms. The Morgan fingerprint density at radius 3 is 2.49 bits per heavy atom. The summed E-state index contributed by atoms with van der Waals surface area (Å²) in [7, 11) is -4.60. The number of sulfonamides is 1. The van der Waals surface area contributed by atoms with Gasteiger partial charge in [-0.25, -0.2) is 18.1 Å². The van der Waals surface area contributed by atoms with Gasteiger partial charge in [-0.3, -0.25) is 24.6 Å². The second kappa shape index (κ2) is 20.5. The van der Waals surface area contributed by atoms with Crippen molar-refractivity contribution >= 4 is 67.1 Å². The number of likely N-dealkylation sites (tertiary alicyclic amines) is 1. The standard InChI is InChI=1S/C49H58ClN9O7S/c1-49(2)17-13-36(42(29-49)34-5-7-37(50)8-6-34)32-56-22-24-57(25-23-56)38-9-11-41(45(27-38)66-39-26-35-14-19-52-47(35)54-31-39)48(61)55-67(64,65)40-10-12-43(44(28-40)59(62)63)53-30-33-15-20-58(21-16-33)46(60)4-3-18-51/h5-12,14,19,26-28,31,33,53H,3-4,13,15-18,20-25,29-30,32,51H2,1-2H3,(H,52,54)(H,55,61). The molecular weight excluding hydrogens is 894 g/mol. The SMILES string of the molecule is CC1(C)CCC(CN2CCN(c3ccc(C(=O)NS(=O)(=O)c4ccc(NCC5CCN(C(=O)CCCN)CC5)c([N+](=O)[O-])c4)c(Oc4cnc5[nH]ccc5c4)c3)CC2)=C(c2ccc(Cl)cc2)C1. The van der Waals surface area contributed by atoms with Crippen molar-refractivity contribution < 1.29 is 27.7 Å². The molecule has 16 nitrogen and oxygen atoms in total. The van der Waals surface area contributed by atoms with Gasteiger partial charge < -0.3 is 30.6 Å². The molecule has 2 aromatic heterocycles. The van der Waals surface area contributed by atoms with Crippen LogP contribution in [0.2, 0.25) is 5.02 Å². The van der Waals surface area contributed by atoms with Crippen LogP contribution in [-0.2, 0) is 14.8 Å². The molecular formula is C49H58ClN9O7S. The van der Waals surface area contributed by atoms with Gasteiger partial charge in [-0.15, -0.1) is 0 Å². The summed E-state index contributed by atoms with van der Waals surface area (Å²) in [5.74, 6) is -0.290. The fourth-order valence-electron chi connectivity index (χ4n) is 9.25. The number of fused-ring (bicyclic) bond motifs is 1. The molecule has 2 fully saturated rings. The van der Waals surface area contributed by atoms with Gasteiger partial charge in [0.1, 0.15) is 22.8 Å². The number of hydrogen-bond acceptors (Lipinski definition) is 12. The van der Waals surface area contributed by atoms with Gasteiger partial charge in [0.05, 0.1) is 21.6 Å². The molecule has 4 heterocycles. The van der Waals surface area contributed by atoms with Crippen molar-refractivity contribution in [2.45, 2.75) is 63.7 Å². The molecule has 354 valence electrons. The Bertz CT molecular complexity index is 2760. The topological polar surface area (TPSA) is 209 Å². The third kappa shape index (κ3) is 11.6. The third-order valence-electron chi connectivity index (χ3n) is 13.2. The number of aromatic nitrogens is 2. The Labute approximate surface area is 396 Å². The molecule has 5 aromatic rings. The van der Waals surface area contributed by atoms with Crippen molar-refractivity contribution in [3.63, 3.8) is 0 Å². The molecule has 0 spiro atoms. The van der Waals surface area contributed by atoms with Crippen molar-refractivity contribution in [1.82, 2.24) is 24.5 Å². The van der Waals surface area contributed by atoms with Gasteiger partial charge in [0.2, 0.25) is 5.91 Å². The van der Waals surface area contributed by atoms with Crippen LogP contribution in [0.15, 0.2) is 95.7 Å². The highest BCUT2D eigenvalue weighted by molar-refractivity contribution is 7.90. The van der Waals surface area contributed by atoms with E-state index in [-0.39, 0.29) is 34.2 Å². The van der Waals surface area contributed by atoms with E-state index in [4.69, 9.17) is 22.1 Å². The van der Waals surface area contributed by atoms with Crippen molar-refractivity contribution in [1.29, 1.82) is 0 Å². The first-order valence-electron chi connectivity index (χ1n) is 22.9. The lowest BCUT2D eigenvalue weighted by molar-refractivity contribution is -0.384. The van der Waals surface area contributed by atoms with Gasteiger partial charge in [0.25, 0.3) is 21.6 Å². The van der Waals surface area contributed by atoms with Crippen LogP contribution in [0, 0.1) is 21.4 Å². The van der Waals surface area contributed by atoms with E-state index in [9.17, 15) is 28.1 Å². The van der Waals surface area contributed by atoms with Crippen LogP contribution in [0.1, 0.15) is 74.7 Å². The number of halogens is 1. The monoisotopic (exact) mass is 951 g/mol. The number of hydrogen-bond donors (Lipinski definition) is 4. The summed E-state index contributed by atoms with van der Waals surface area (Å²) in [6.07, 6.45) is 8.94. The van der Waals surface area contributed by atoms with Gasteiger partial charge in [0.15, 0.2) is 0 Å². The molecule has 0 bridgehead atoms. The second-order valence-corrected chi connectivity index (χ2v) is 20.6. The number of piperidine rings is 1. The zero-order valence-electron chi connectivity index (χ0n) is 37.9. The quantitative estimate of drug-likeness (QED) is 0.0545. The van der Waals surface area contributed by atoms with Gasteiger partial charge in [0, 0.05) is 93.2 Å². The maximum atomic E-state index is 14.0. The van der Waals surface area contributed by atoms with E-state index in [0.717, 1.165) is 73.9 Å². The average molecular weight is 953 g/mol. The van der Waals surface area contributed by atoms with E-state index in [1.165, 1.54) is 41.1 Å². The number of pyridine rings is 1. The lowest BCUT2D eigenvalue weighted by atomic mass is 9.72. The Hall–Kier alpha value is -6.01. The Kier molecular flexibility index (Phi) is 14.5. The first-order chi connectivity index (χ1) is 32.1. The number of carbonyl (C=O) groups excluding carboxylic acids is 2. The maximum Gasteiger partial charge on any atom is 0.293 e. The van der Waals surface area contributed by atoms with Crippen molar-refractivity contribution in [3.8, 4) is 11.5 Å². The Morgan fingerprint density at radius 1 is 1.00 bits per heavy atom. The van der Waals surface area contributed by atoms with Crippen LogP contribution in [0.3, 0.4) is 0 Å². The van der Waals surface area contributed by atoms with Crippen LogP contribution < -0.4 is 25.4 Å². The van der Waals surface area contributed by atoms with Crippen LogP contribution in [0.25, 0.3) is 16.6 Å². The number of benzene rings is 3. The number of nitrogens with one attached hydrogen (secondary N) is 3. The van der Waals surface area contributed by atoms with Crippen LogP contribution >= 0.6 is 11.6 Å². The summed E-state index contributed by atoms with van der Waals surface area (Å²) < 4.78 is 36.0. The number of anilines is 2. The molecule has 3 aromatic carbocycles. The van der Waals surface area contributed by atoms with Crippen LogP contribution in [0.5, 0.6) is 11.5 Å². The van der Waals surface area contributed by atoms with Gasteiger partial charge in [-0.2, -0.15) is 0 Å². The average Bonchev–Trinajstić information content (AvgIpc) is 3.79. The van der Waals surface area contributed by atoms with E-state index < -0.39 is 31.4 Å². The fraction of sp³-hybridized carbons (Fsp3) is 0.408. The minimum absolute atomic E-state index is 0.0538. The molecule has 0 saturated carbocycles. The zero-order chi connectivity index (χ0) is 47.3. The first-order valence-corrected chi connectivity index (χ1v) is 24.8. The number of nitrogens with zero attached hydrogens (tertiary/aromatic N) is 5. The molecule has 67 heavy (non-hydrogen) atoms. The number of nitro benzene ring substituents is 1. The second-order valence-electron chi connectivity index (χ2n) is 18.5. The molecule has 3 aliphatic rings. The number of allylic oxidation sites excluding steroid dienone is 1. The minimum Gasteiger partial charge on any atom is -0.455 e. The minimum atomic E-state index is -4.60. The van der Waals surface area contributed by atoms with Crippen molar-refractivity contribution in [2.24, 2.45) is 17.1 Å². The molecule has 5 N–H and O–H groups in total. The maximum absolute atomic E-state index is 14.0. The summed E-state index contributed by atoms with van der Waals surface area (Å²) in [5.41, 5.74) is 10.9. The molecule has 1 aliphatic carbocycles. The molecule has 2 saturated heterocycles. The first kappa shape index (κ1) is 47.5. The number of amides is 2. The summed E-state index contributed by atoms with van der Waals surface area (Å²) in [5, 5.41) is 16.9. The highest BCUT2D eigenvalue weighted by atomic mass is 35.5. The highest BCUT2D eigenvalue weighted by Crippen LogP contribution is 2.43. The van der Waals surface area contributed by atoms with Crippen LogP contribution in [-0.4, -0.2) is 104 Å². The summed E-state index contributed by atoms with van der Waals surface area (Å²) in [4.78, 5) is 51.6. The summed E-state index contributed by atoms with van der Waals surface area (Å²) in [6.45, 7) is 10.6. The Morgan fingerprint density at radius 2 is 1.76 bits per heavy atom. The third-order valence-corrected chi connectivity index (χ3v) is 14.8. The van der Waals surface area contributed by atoms with E-state index in [1.54, 1.807) is 24.4 Å². The number of nitro groups is 1. The number of nitrogens with two attached hydrogens (primary N) is 1. The lowest BCUT2D eigenvalue weighted by Gasteiger charge is -2.39. The van der Waals surface area contributed by atoms with Crippen LogP contribution in [0.4, 0.5) is 17.1 Å². The number of carbonyl (C=O) groups is 2.